The van der Waals surface area contributed by atoms with E-state index in [1.54, 1.807) is 18.4 Å². The fourth-order valence-corrected chi connectivity index (χ4v) is 3.73. The van der Waals surface area contributed by atoms with Gasteiger partial charge in [-0.3, -0.25) is 0 Å². The second-order valence-corrected chi connectivity index (χ2v) is 6.71. The van der Waals surface area contributed by atoms with E-state index in [-0.39, 0.29) is 0 Å². The van der Waals surface area contributed by atoms with Crippen LogP contribution in [-0.2, 0) is 13.0 Å². The van der Waals surface area contributed by atoms with Crippen molar-refractivity contribution in [3.8, 4) is 16.3 Å². The number of ether oxygens (including phenoxy) is 1. The zero-order valence-corrected chi connectivity index (χ0v) is 15.1. The van der Waals surface area contributed by atoms with Gasteiger partial charge in [0.15, 0.2) is 0 Å². The minimum absolute atomic E-state index is 0.844. The van der Waals surface area contributed by atoms with Gasteiger partial charge in [-0.15, -0.1) is 11.3 Å². The third-order valence-corrected chi connectivity index (χ3v) is 4.97. The van der Waals surface area contributed by atoms with Gasteiger partial charge in [0.05, 0.1) is 17.3 Å². The maximum absolute atomic E-state index is 5.28. The standard InChI is InChI=1S/C16H21BrN2OS/c1-4-6-13-15(10-18-5-2)21-16(19-13)11-7-8-14(20-3)12(17)9-11/h7-9,18H,4-6,10H2,1-3H3. The summed E-state index contributed by atoms with van der Waals surface area (Å²) in [6.07, 6.45) is 2.16. The number of methoxy groups -OCH3 is 1. The molecule has 114 valence electrons. The number of nitrogens with zero attached hydrogens (tertiary/aromatic N) is 1. The summed E-state index contributed by atoms with van der Waals surface area (Å²) in [5, 5.41) is 4.48. The molecule has 0 aliphatic rings. The summed E-state index contributed by atoms with van der Waals surface area (Å²) in [6.45, 7) is 6.20. The summed E-state index contributed by atoms with van der Waals surface area (Å²) >= 11 is 5.32. The van der Waals surface area contributed by atoms with E-state index in [1.165, 1.54) is 10.6 Å². The number of aromatic nitrogens is 1. The first-order chi connectivity index (χ1) is 10.2. The van der Waals surface area contributed by atoms with Gasteiger partial charge in [0.1, 0.15) is 10.8 Å². The van der Waals surface area contributed by atoms with Gasteiger partial charge in [-0.1, -0.05) is 20.3 Å². The molecule has 0 saturated carbocycles. The van der Waals surface area contributed by atoms with Crippen LogP contribution in [0.5, 0.6) is 5.75 Å². The van der Waals surface area contributed by atoms with Crippen LogP contribution in [0.25, 0.3) is 10.6 Å². The average molecular weight is 369 g/mol. The van der Waals surface area contributed by atoms with E-state index in [9.17, 15) is 0 Å². The van der Waals surface area contributed by atoms with E-state index in [0.29, 0.717) is 0 Å². The van der Waals surface area contributed by atoms with Gasteiger partial charge >= 0.3 is 0 Å². The molecule has 0 aliphatic carbocycles. The monoisotopic (exact) mass is 368 g/mol. The summed E-state index contributed by atoms with van der Waals surface area (Å²) in [4.78, 5) is 6.18. The lowest BCUT2D eigenvalue weighted by Gasteiger charge is -2.04. The molecule has 3 nitrogen and oxygen atoms in total. The summed E-state index contributed by atoms with van der Waals surface area (Å²) in [5.74, 6) is 0.844. The molecule has 0 atom stereocenters. The number of thiazole rings is 1. The van der Waals surface area contributed by atoms with Gasteiger partial charge in [0, 0.05) is 17.0 Å². The fourth-order valence-electron chi connectivity index (χ4n) is 2.12. The van der Waals surface area contributed by atoms with Crippen molar-refractivity contribution < 1.29 is 4.74 Å². The fraction of sp³-hybridized carbons (Fsp3) is 0.438. The smallest absolute Gasteiger partial charge is 0.133 e. The molecule has 0 saturated heterocycles. The van der Waals surface area contributed by atoms with Gasteiger partial charge in [-0.2, -0.15) is 0 Å². The summed E-state index contributed by atoms with van der Waals surface area (Å²) in [6, 6.07) is 6.11. The summed E-state index contributed by atoms with van der Waals surface area (Å²) < 4.78 is 6.24. The zero-order chi connectivity index (χ0) is 15.2. The molecule has 0 unspecified atom stereocenters. The van der Waals surface area contributed by atoms with Crippen LogP contribution in [0.2, 0.25) is 0 Å². The molecule has 0 radical (unpaired) electrons. The second-order valence-electron chi connectivity index (χ2n) is 4.77. The third-order valence-electron chi connectivity index (χ3n) is 3.20. The highest BCUT2D eigenvalue weighted by Crippen LogP contribution is 2.34. The highest BCUT2D eigenvalue weighted by atomic mass is 79.9. The molecule has 0 bridgehead atoms. The summed E-state index contributed by atoms with van der Waals surface area (Å²) in [5.41, 5.74) is 2.36. The first kappa shape index (κ1) is 16.5. The molecule has 0 fully saturated rings. The van der Waals surface area contributed by atoms with Crippen molar-refractivity contribution in [2.75, 3.05) is 13.7 Å². The maximum atomic E-state index is 5.28. The summed E-state index contributed by atoms with van der Waals surface area (Å²) in [7, 11) is 1.68. The number of aryl methyl sites for hydroxylation is 1. The molecular formula is C16H21BrN2OS. The average Bonchev–Trinajstić information content (AvgIpc) is 2.88. The Balaban J connectivity index is 2.32. The Bertz CT molecular complexity index is 598. The van der Waals surface area contributed by atoms with Crippen LogP contribution < -0.4 is 10.1 Å². The first-order valence-corrected chi connectivity index (χ1v) is 8.83. The number of halogens is 1. The largest absolute Gasteiger partial charge is 0.496 e. The van der Waals surface area contributed by atoms with Crippen LogP contribution in [0.4, 0.5) is 0 Å². The van der Waals surface area contributed by atoms with E-state index >= 15 is 0 Å². The number of hydrogen-bond acceptors (Lipinski definition) is 4. The van der Waals surface area contributed by atoms with Crippen LogP contribution >= 0.6 is 27.3 Å². The van der Waals surface area contributed by atoms with Crippen molar-refractivity contribution in [3.63, 3.8) is 0 Å². The predicted molar refractivity (Wildman–Crippen MR) is 93.2 cm³/mol. The third kappa shape index (κ3) is 4.05. The Labute approximate surface area is 138 Å². The molecule has 5 heteroatoms. The van der Waals surface area contributed by atoms with Crippen LogP contribution in [0.3, 0.4) is 0 Å². The van der Waals surface area contributed by atoms with E-state index in [0.717, 1.165) is 46.7 Å². The molecule has 0 spiro atoms. The van der Waals surface area contributed by atoms with Gasteiger partial charge in [-0.05, 0) is 47.1 Å². The minimum Gasteiger partial charge on any atom is -0.496 e. The van der Waals surface area contributed by atoms with E-state index < -0.39 is 0 Å². The lowest BCUT2D eigenvalue weighted by molar-refractivity contribution is 0.412. The lowest BCUT2D eigenvalue weighted by atomic mass is 10.2. The van der Waals surface area contributed by atoms with E-state index in [2.05, 4.69) is 47.2 Å². The highest BCUT2D eigenvalue weighted by molar-refractivity contribution is 9.10. The maximum Gasteiger partial charge on any atom is 0.133 e. The van der Waals surface area contributed by atoms with Gasteiger partial charge in [-0.25, -0.2) is 4.98 Å². The van der Waals surface area contributed by atoms with Crippen LogP contribution in [0.1, 0.15) is 30.8 Å². The predicted octanol–water partition coefficient (Wildman–Crippen LogP) is 4.64. The van der Waals surface area contributed by atoms with Crippen molar-refractivity contribution in [3.05, 3.63) is 33.2 Å². The Hall–Kier alpha value is -0.910. The Kier molecular flexibility index (Phi) is 6.21. The number of rotatable bonds is 7. The second kappa shape index (κ2) is 7.92. The van der Waals surface area contributed by atoms with Crippen LogP contribution in [0, 0.1) is 0 Å². The molecule has 1 heterocycles. The van der Waals surface area contributed by atoms with E-state index in [1.807, 2.05) is 6.07 Å². The van der Waals surface area contributed by atoms with Crippen molar-refractivity contribution in [1.29, 1.82) is 0 Å². The minimum atomic E-state index is 0.844. The first-order valence-electron chi connectivity index (χ1n) is 7.22. The normalized spacial score (nSPS) is 10.9. The SMILES string of the molecule is CCCc1nc(-c2ccc(OC)c(Br)c2)sc1CNCC. The molecule has 21 heavy (non-hydrogen) atoms. The van der Waals surface area contributed by atoms with Crippen LogP contribution in [-0.4, -0.2) is 18.6 Å². The quantitative estimate of drug-likeness (QED) is 0.772. The van der Waals surface area contributed by atoms with Crippen molar-refractivity contribution >= 4 is 27.3 Å². The lowest BCUT2D eigenvalue weighted by Crippen LogP contribution is -2.11. The molecular weight excluding hydrogens is 348 g/mol. The Morgan fingerprint density at radius 2 is 2.14 bits per heavy atom. The topological polar surface area (TPSA) is 34.1 Å². The molecule has 2 rings (SSSR count). The molecule has 1 aromatic heterocycles. The van der Waals surface area contributed by atoms with Gasteiger partial charge in [0.2, 0.25) is 0 Å². The Morgan fingerprint density at radius 3 is 2.76 bits per heavy atom. The zero-order valence-electron chi connectivity index (χ0n) is 12.7. The van der Waals surface area contributed by atoms with Crippen molar-refractivity contribution in [1.82, 2.24) is 10.3 Å². The molecule has 0 aliphatic heterocycles. The van der Waals surface area contributed by atoms with Gasteiger partial charge < -0.3 is 10.1 Å². The molecule has 2 aromatic rings. The molecule has 0 amide bonds. The van der Waals surface area contributed by atoms with Gasteiger partial charge in [0.25, 0.3) is 0 Å². The molecule has 1 aromatic carbocycles. The van der Waals surface area contributed by atoms with Crippen molar-refractivity contribution in [2.24, 2.45) is 0 Å². The number of hydrogen-bond donors (Lipinski definition) is 1. The number of nitrogens with one attached hydrogen (secondary N) is 1. The highest BCUT2D eigenvalue weighted by Gasteiger charge is 2.13. The number of benzene rings is 1. The van der Waals surface area contributed by atoms with E-state index in [4.69, 9.17) is 9.72 Å². The Morgan fingerprint density at radius 1 is 1.33 bits per heavy atom. The van der Waals surface area contributed by atoms with Crippen LogP contribution in [0.15, 0.2) is 22.7 Å². The van der Waals surface area contributed by atoms with Crippen molar-refractivity contribution in [2.45, 2.75) is 33.2 Å². The molecule has 1 N–H and O–H groups in total.